The zero-order valence-corrected chi connectivity index (χ0v) is 12.1. The standard InChI is InChI=1S/C14H23N3O2/c1-5-19-14(18)11-6-7-16-13(12(11)15)17-8-10(4)9(2)3/h6-7,9-10H,5,8,15H2,1-4H3,(H,16,17). The monoisotopic (exact) mass is 265 g/mol. The van der Waals surface area contributed by atoms with Crippen molar-refractivity contribution in [1.29, 1.82) is 0 Å². The first-order chi connectivity index (χ1) is 8.97. The maximum atomic E-state index is 11.7. The fourth-order valence-corrected chi connectivity index (χ4v) is 1.49. The molecule has 0 aliphatic rings. The lowest BCUT2D eigenvalue weighted by atomic mass is 9.98. The second kappa shape index (κ2) is 6.97. The number of nitrogens with one attached hydrogen (secondary N) is 1. The smallest absolute Gasteiger partial charge is 0.340 e. The van der Waals surface area contributed by atoms with Gasteiger partial charge in [0.25, 0.3) is 0 Å². The molecule has 1 atom stereocenters. The molecule has 0 saturated heterocycles. The predicted octanol–water partition coefficient (Wildman–Crippen LogP) is 2.54. The zero-order chi connectivity index (χ0) is 14.4. The molecule has 0 radical (unpaired) electrons. The van der Waals surface area contributed by atoms with Crippen LogP contribution >= 0.6 is 0 Å². The highest BCUT2D eigenvalue weighted by Crippen LogP contribution is 2.21. The van der Waals surface area contributed by atoms with E-state index in [1.807, 2.05) is 0 Å². The molecule has 1 rings (SSSR count). The SMILES string of the molecule is CCOC(=O)c1ccnc(NCC(C)C(C)C)c1N. The maximum Gasteiger partial charge on any atom is 0.340 e. The molecule has 1 aromatic rings. The molecule has 0 fully saturated rings. The number of nitrogens with zero attached hydrogens (tertiary/aromatic N) is 1. The minimum atomic E-state index is -0.414. The maximum absolute atomic E-state index is 11.7. The number of rotatable bonds is 6. The Labute approximate surface area is 114 Å². The minimum Gasteiger partial charge on any atom is -0.462 e. The van der Waals surface area contributed by atoms with Gasteiger partial charge in [0.2, 0.25) is 0 Å². The number of nitrogens with two attached hydrogens (primary N) is 1. The molecule has 1 aromatic heterocycles. The lowest BCUT2D eigenvalue weighted by Crippen LogP contribution is -2.18. The zero-order valence-electron chi connectivity index (χ0n) is 12.1. The third kappa shape index (κ3) is 4.12. The second-order valence-electron chi connectivity index (χ2n) is 4.94. The first-order valence-corrected chi connectivity index (χ1v) is 6.62. The summed E-state index contributed by atoms with van der Waals surface area (Å²) in [6.45, 7) is 9.34. The number of nitrogen functional groups attached to an aromatic ring is 1. The van der Waals surface area contributed by atoms with Crippen molar-refractivity contribution >= 4 is 17.5 Å². The number of pyridine rings is 1. The Balaban J connectivity index is 2.80. The number of carbonyl (C=O) groups is 1. The van der Waals surface area contributed by atoms with E-state index in [9.17, 15) is 4.79 Å². The fourth-order valence-electron chi connectivity index (χ4n) is 1.49. The number of anilines is 2. The van der Waals surface area contributed by atoms with Crippen molar-refractivity contribution in [1.82, 2.24) is 4.98 Å². The molecule has 5 heteroatoms. The molecule has 1 heterocycles. The summed E-state index contributed by atoms with van der Waals surface area (Å²) in [4.78, 5) is 15.9. The summed E-state index contributed by atoms with van der Waals surface area (Å²) in [6, 6.07) is 1.57. The van der Waals surface area contributed by atoms with E-state index >= 15 is 0 Å². The van der Waals surface area contributed by atoms with Crippen molar-refractivity contribution < 1.29 is 9.53 Å². The van der Waals surface area contributed by atoms with Gasteiger partial charge in [-0.2, -0.15) is 0 Å². The Morgan fingerprint density at radius 1 is 1.47 bits per heavy atom. The van der Waals surface area contributed by atoms with E-state index in [2.05, 4.69) is 31.1 Å². The average Bonchev–Trinajstić information content (AvgIpc) is 2.37. The molecule has 0 amide bonds. The Bertz CT molecular complexity index is 433. The summed E-state index contributed by atoms with van der Waals surface area (Å²) in [5.41, 5.74) is 6.65. The molecular weight excluding hydrogens is 242 g/mol. The summed E-state index contributed by atoms with van der Waals surface area (Å²) >= 11 is 0. The number of hydrogen-bond acceptors (Lipinski definition) is 5. The first kappa shape index (κ1) is 15.3. The van der Waals surface area contributed by atoms with Crippen LogP contribution in [0.1, 0.15) is 38.1 Å². The van der Waals surface area contributed by atoms with E-state index in [4.69, 9.17) is 10.5 Å². The molecule has 0 aromatic carbocycles. The molecule has 0 aliphatic carbocycles. The van der Waals surface area contributed by atoms with Crippen LogP contribution in [-0.4, -0.2) is 24.1 Å². The van der Waals surface area contributed by atoms with Crippen LogP contribution in [0.15, 0.2) is 12.3 Å². The van der Waals surface area contributed by atoms with Crippen molar-refractivity contribution in [3.05, 3.63) is 17.8 Å². The lowest BCUT2D eigenvalue weighted by Gasteiger charge is -2.17. The van der Waals surface area contributed by atoms with E-state index in [0.29, 0.717) is 35.5 Å². The number of aromatic nitrogens is 1. The normalized spacial score (nSPS) is 12.3. The lowest BCUT2D eigenvalue weighted by molar-refractivity contribution is 0.0527. The van der Waals surface area contributed by atoms with E-state index < -0.39 is 5.97 Å². The highest BCUT2D eigenvalue weighted by molar-refractivity contribution is 5.97. The van der Waals surface area contributed by atoms with E-state index in [-0.39, 0.29) is 0 Å². The number of esters is 1. The van der Waals surface area contributed by atoms with Gasteiger partial charge in [0.15, 0.2) is 0 Å². The predicted molar refractivity (Wildman–Crippen MR) is 77.1 cm³/mol. The highest BCUT2D eigenvalue weighted by atomic mass is 16.5. The van der Waals surface area contributed by atoms with Crippen LogP contribution in [-0.2, 0) is 4.74 Å². The largest absolute Gasteiger partial charge is 0.462 e. The van der Waals surface area contributed by atoms with Crippen molar-refractivity contribution in [3.63, 3.8) is 0 Å². The summed E-state index contributed by atoms with van der Waals surface area (Å²) in [5.74, 6) is 1.19. The van der Waals surface area contributed by atoms with Crippen LogP contribution in [0, 0.1) is 11.8 Å². The third-order valence-electron chi connectivity index (χ3n) is 3.22. The molecular formula is C14H23N3O2. The fraction of sp³-hybridized carbons (Fsp3) is 0.571. The molecule has 0 aliphatic heterocycles. The van der Waals surface area contributed by atoms with Crippen LogP contribution in [0.25, 0.3) is 0 Å². The van der Waals surface area contributed by atoms with Gasteiger partial charge in [-0.3, -0.25) is 0 Å². The van der Waals surface area contributed by atoms with Gasteiger partial charge in [-0.15, -0.1) is 0 Å². The van der Waals surface area contributed by atoms with Crippen molar-refractivity contribution in [2.75, 3.05) is 24.2 Å². The first-order valence-electron chi connectivity index (χ1n) is 6.62. The van der Waals surface area contributed by atoms with E-state index in [1.165, 1.54) is 0 Å². The van der Waals surface area contributed by atoms with Crippen LogP contribution in [0.4, 0.5) is 11.5 Å². The molecule has 106 valence electrons. The van der Waals surface area contributed by atoms with Gasteiger partial charge in [0.1, 0.15) is 5.82 Å². The summed E-state index contributed by atoms with van der Waals surface area (Å²) in [7, 11) is 0. The quantitative estimate of drug-likeness (QED) is 0.773. The molecule has 0 spiro atoms. The van der Waals surface area contributed by atoms with Crippen LogP contribution in [0.3, 0.4) is 0 Å². The van der Waals surface area contributed by atoms with Gasteiger partial charge in [-0.1, -0.05) is 20.8 Å². The molecule has 5 nitrogen and oxygen atoms in total. The topological polar surface area (TPSA) is 77.2 Å². The average molecular weight is 265 g/mol. The second-order valence-corrected chi connectivity index (χ2v) is 4.94. The number of ether oxygens (including phenoxy) is 1. The minimum absolute atomic E-state index is 0.327. The number of carbonyl (C=O) groups excluding carboxylic acids is 1. The van der Waals surface area contributed by atoms with Crippen LogP contribution in [0.2, 0.25) is 0 Å². The molecule has 3 N–H and O–H groups in total. The summed E-state index contributed by atoms with van der Waals surface area (Å²) < 4.78 is 4.95. The van der Waals surface area contributed by atoms with Crippen molar-refractivity contribution in [2.45, 2.75) is 27.7 Å². The Morgan fingerprint density at radius 3 is 2.74 bits per heavy atom. The van der Waals surface area contributed by atoms with Gasteiger partial charge in [0.05, 0.1) is 17.9 Å². The van der Waals surface area contributed by atoms with Gasteiger partial charge >= 0.3 is 5.97 Å². The highest BCUT2D eigenvalue weighted by Gasteiger charge is 2.15. The van der Waals surface area contributed by atoms with Gasteiger partial charge < -0.3 is 15.8 Å². The van der Waals surface area contributed by atoms with E-state index in [1.54, 1.807) is 19.2 Å². The third-order valence-corrected chi connectivity index (χ3v) is 3.22. The Kier molecular flexibility index (Phi) is 5.60. The van der Waals surface area contributed by atoms with Crippen molar-refractivity contribution in [3.8, 4) is 0 Å². The van der Waals surface area contributed by atoms with Gasteiger partial charge in [-0.25, -0.2) is 9.78 Å². The number of hydrogen-bond donors (Lipinski definition) is 2. The Morgan fingerprint density at radius 2 is 2.16 bits per heavy atom. The molecule has 1 unspecified atom stereocenters. The molecule has 0 saturated carbocycles. The van der Waals surface area contributed by atoms with Gasteiger partial charge in [0, 0.05) is 12.7 Å². The van der Waals surface area contributed by atoms with Crippen molar-refractivity contribution in [2.24, 2.45) is 11.8 Å². The van der Waals surface area contributed by atoms with Crippen LogP contribution < -0.4 is 11.1 Å². The summed E-state index contributed by atoms with van der Waals surface area (Å²) in [5, 5.41) is 3.19. The van der Waals surface area contributed by atoms with Crippen LogP contribution in [0.5, 0.6) is 0 Å². The molecule has 0 bridgehead atoms. The Hall–Kier alpha value is -1.78. The van der Waals surface area contributed by atoms with Gasteiger partial charge in [-0.05, 0) is 24.8 Å². The molecule has 19 heavy (non-hydrogen) atoms. The van der Waals surface area contributed by atoms with E-state index in [0.717, 1.165) is 6.54 Å². The summed E-state index contributed by atoms with van der Waals surface area (Å²) in [6.07, 6.45) is 1.56.